The smallest absolute Gasteiger partial charge is 0.130 e. The van der Waals surface area contributed by atoms with E-state index in [-0.39, 0.29) is 18.5 Å². The normalized spacial score (nSPS) is 12.3. The number of halogens is 1. The van der Waals surface area contributed by atoms with Gasteiger partial charge in [-0.15, -0.1) is 0 Å². The summed E-state index contributed by atoms with van der Waals surface area (Å²) in [6.45, 7) is 2.11. The van der Waals surface area contributed by atoms with Crippen LogP contribution in [0.5, 0.6) is 0 Å². The molecule has 1 unspecified atom stereocenters. The van der Waals surface area contributed by atoms with Gasteiger partial charge in [-0.3, -0.25) is 0 Å². The molecule has 0 bridgehead atoms. The van der Waals surface area contributed by atoms with Gasteiger partial charge < -0.3 is 10.5 Å². The van der Waals surface area contributed by atoms with Gasteiger partial charge in [0.05, 0.1) is 12.7 Å². The summed E-state index contributed by atoms with van der Waals surface area (Å²) >= 11 is 0. The second-order valence-corrected chi connectivity index (χ2v) is 4.17. The van der Waals surface area contributed by atoms with Crippen LogP contribution in [0.15, 0.2) is 48.5 Å². The summed E-state index contributed by atoms with van der Waals surface area (Å²) in [4.78, 5) is 0. The van der Waals surface area contributed by atoms with Crippen LogP contribution in [0.25, 0.3) is 0 Å². The SMILES string of the molecule is CC(OCc1c(N)cccc1F)c1ccccc1. The van der Waals surface area contributed by atoms with Crippen molar-refractivity contribution in [3.05, 3.63) is 65.5 Å². The first-order valence-corrected chi connectivity index (χ1v) is 5.88. The molecule has 2 rings (SSSR count). The standard InChI is InChI=1S/C15H16FNO/c1-11(12-6-3-2-4-7-12)18-10-13-14(16)8-5-9-15(13)17/h2-9,11H,10,17H2,1H3. The van der Waals surface area contributed by atoms with E-state index in [1.54, 1.807) is 12.1 Å². The quantitative estimate of drug-likeness (QED) is 0.834. The average Bonchev–Trinajstić information content (AvgIpc) is 2.39. The van der Waals surface area contributed by atoms with Crippen LogP contribution in [-0.4, -0.2) is 0 Å². The van der Waals surface area contributed by atoms with Gasteiger partial charge in [-0.1, -0.05) is 36.4 Å². The number of benzene rings is 2. The fourth-order valence-corrected chi connectivity index (χ4v) is 1.76. The van der Waals surface area contributed by atoms with E-state index in [1.807, 2.05) is 37.3 Å². The zero-order valence-electron chi connectivity index (χ0n) is 10.3. The summed E-state index contributed by atoms with van der Waals surface area (Å²) < 4.78 is 19.2. The molecule has 0 saturated carbocycles. The van der Waals surface area contributed by atoms with Gasteiger partial charge in [-0.05, 0) is 24.6 Å². The van der Waals surface area contributed by atoms with E-state index in [9.17, 15) is 4.39 Å². The fourth-order valence-electron chi connectivity index (χ4n) is 1.76. The number of nitrogen functional groups attached to an aromatic ring is 1. The van der Waals surface area contributed by atoms with Gasteiger partial charge in [0, 0.05) is 11.3 Å². The highest BCUT2D eigenvalue weighted by Crippen LogP contribution is 2.22. The minimum absolute atomic E-state index is 0.0924. The fraction of sp³-hybridized carbons (Fsp3) is 0.200. The van der Waals surface area contributed by atoms with Crippen LogP contribution in [0.2, 0.25) is 0 Å². The third-order valence-corrected chi connectivity index (χ3v) is 2.90. The molecule has 0 spiro atoms. The van der Waals surface area contributed by atoms with Crippen molar-refractivity contribution in [2.75, 3.05) is 5.73 Å². The first-order valence-electron chi connectivity index (χ1n) is 5.88. The van der Waals surface area contributed by atoms with Crippen LogP contribution in [0.3, 0.4) is 0 Å². The average molecular weight is 245 g/mol. The summed E-state index contributed by atoms with van der Waals surface area (Å²) in [7, 11) is 0. The molecule has 0 heterocycles. The highest BCUT2D eigenvalue weighted by atomic mass is 19.1. The molecule has 3 heteroatoms. The second-order valence-electron chi connectivity index (χ2n) is 4.17. The molecule has 0 aliphatic heterocycles. The summed E-state index contributed by atoms with van der Waals surface area (Å²) in [5.41, 5.74) is 7.63. The van der Waals surface area contributed by atoms with Crippen LogP contribution in [0, 0.1) is 5.82 Å². The molecule has 0 aromatic heterocycles. The lowest BCUT2D eigenvalue weighted by Crippen LogP contribution is -2.04. The molecule has 1 atom stereocenters. The van der Waals surface area contributed by atoms with Gasteiger partial charge in [0.1, 0.15) is 5.82 Å². The lowest BCUT2D eigenvalue weighted by molar-refractivity contribution is 0.0512. The Morgan fingerprint density at radius 1 is 1.11 bits per heavy atom. The van der Waals surface area contributed by atoms with E-state index < -0.39 is 0 Å². The van der Waals surface area contributed by atoms with Gasteiger partial charge >= 0.3 is 0 Å². The highest BCUT2D eigenvalue weighted by Gasteiger charge is 2.10. The minimum atomic E-state index is -0.324. The highest BCUT2D eigenvalue weighted by molar-refractivity contribution is 5.46. The first-order chi connectivity index (χ1) is 8.68. The summed E-state index contributed by atoms with van der Waals surface area (Å²) in [6, 6.07) is 14.5. The van der Waals surface area contributed by atoms with Crippen molar-refractivity contribution in [1.29, 1.82) is 0 Å². The molecule has 0 radical (unpaired) electrons. The van der Waals surface area contributed by atoms with Gasteiger partial charge in [0.15, 0.2) is 0 Å². The Labute approximate surface area is 106 Å². The number of rotatable bonds is 4. The van der Waals surface area contributed by atoms with Crippen molar-refractivity contribution >= 4 is 5.69 Å². The van der Waals surface area contributed by atoms with Gasteiger partial charge in [0.2, 0.25) is 0 Å². The van der Waals surface area contributed by atoms with E-state index in [0.29, 0.717) is 11.3 Å². The zero-order chi connectivity index (χ0) is 13.0. The Morgan fingerprint density at radius 2 is 1.83 bits per heavy atom. The van der Waals surface area contributed by atoms with Crippen LogP contribution >= 0.6 is 0 Å². The molecule has 2 nitrogen and oxygen atoms in total. The molecule has 18 heavy (non-hydrogen) atoms. The molecule has 0 saturated heterocycles. The molecule has 0 fully saturated rings. The maximum Gasteiger partial charge on any atom is 0.130 e. The Balaban J connectivity index is 2.04. The second kappa shape index (κ2) is 5.65. The van der Waals surface area contributed by atoms with Crippen molar-refractivity contribution in [2.45, 2.75) is 19.6 Å². The largest absolute Gasteiger partial charge is 0.398 e. The number of anilines is 1. The molecule has 2 aromatic rings. The van der Waals surface area contributed by atoms with Crippen molar-refractivity contribution in [2.24, 2.45) is 0 Å². The minimum Gasteiger partial charge on any atom is -0.398 e. The van der Waals surface area contributed by atoms with Crippen molar-refractivity contribution in [1.82, 2.24) is 0 Å². The van der Waals surface area contributed by atoms with Crippen molar-refractivity contribution < 1.29 is 9.13 Å². The summed E-state index contributed by atoms with van der Waals surface area (Å²) in [5, 5.41) is 0. The third-order valence-electron chi connectivity index (χ3n) is 2.90. The van der Waals surface area contributed by atoms with Crippen LogP contribution < -0.4 is 5.73 Å². The lowest BCUT2D eigenvalue weighted by Gasteiger charge is -2.14. The molecular weight excluding hydrogens is 229 g/mol. The van der Waals surface area contributed by atoms with Gasteiger partial charge in [-0.25, -0.2) is 4.39 Å². The molecule has 0 amide bonds. The van der Waals surface area contributed by atoms with E-state index in [0.717, 1.165) is 5.56 Å². The number of hydrogen-bond donors (Lipinski definition) is 1. The maximum absolute atomic E-state index is 13.5. The topological polar surface area (TPSA) is 35.2 Å². The monoisotopic (exact) mass is 245 g/mol. The first kappa shape index (κ1) is 12.6. The Bertz CT molecular complexity index is 493. The lowest BCUT2D eigenvalue weighted by atomic mass is 10.1. The van der Waals surface area contributed by atoms with Gasteiger partial charge in [0.25, 0.3) is 0 Å². The Hall–Kier alpha value is -1.87. The number of ether oxygens (including phenoxy) is 1. The summed E-state index contributed by atoms with van der Waals surface area (Å²) in [5.74, 6) is -0.324. The van der Waals surface area contributed by atoms with Gasteiger partial charge in [-0.2, -0.15) is 0 Å². The number of nitrogens with two attached hydrogens (primary N) is 1. The third kappa shape index (κ3) is 2.87. The predicted octanol–water partition coefficient (Wildman–Crippen LogP) is 3.69. The Kier molecular flexibility index (Phi) is 3.95. The number of hydrogen-bond acceptors (Lipinski definition) is 2. The van der Waals surface area contributed by atoms with Crippen LogP contribution in [0.1, 0.15) is 24.2 Å². The molecule has 0 aliphatic carbocycles. The zero-order valence-corrected chi connectivity index (χ0v) is 10.3. The predicted molar refractivity (Wildman–Crippen MR) is 70.5 cm³/mol. The van der Waals surface area contributed by atoms with E-state index >= 15 is 0 Å². The molecule has 2 N–H and O–H groups in total. The Morgan fingerprint density at radius 3 is 2.50 bits per heavy atom. The molecule has 0 aliphatic rings. The van der Waals surface area contributed by atoms with Crippen LogP contribution in [0.4, 0.5) is 10.1 Å². The van der Waals surface area contributed by atoms with E-state index in [2.05, 4.69) is 0 Å². The van der Waals surface area contributed by atoms with Crippen LogP contribution in [-0.2, 0) is 11.3 Å². The molecular formula is C15H16FNO. The molecule has 94 valence electrons. The van der Waals surface area contributed by atoms with Crippen molar-refractivity contribution in [3.63, 3.8) is 0 Å². The van der Waals surface area contributed by atoms with Crippen molar-refractivity contribution in [3.8, 4) is 0 Å². The van der Waals surface area contributed by atoms with E-state index in [4.69, 9.17) is 10.5 Å². The summed E-state index contributed by atoms with van der Waals surface area (Å²) in [6.07, 6.45) is -0.0924. The molecule has 2 aromatic carbocycles. The van der Waals surface area contributed by atoms with E-state index in [1.165, 1.54) is 6.07 Å². The maximum atomic E-state index is 13.5.